The van der Waals surface area contributed by atoms with Crippen molar-refractivity contribution in [1.82, 2.24) is 0 Å². The first-order chi connectivity index (χ1) is 2.77. The maximum atomic E-state index is 10.9. The lowest BCUT2D eigenvalue weighted by Gasteiger charge is -1.80. The third kappa shape index (κ3) is 3.49. The molecule has 0 aliphatic rings. The molecule has 0 amide bonds. The van der Waals surface area contributed by atoms with Crippen molar-refractivity contribution in [2.75, 3.05) is 0 Å². The molecule has 0 saturated carbocycles. The van der Waals surface area contributed by atoms with Crippen molar-refractivity contribution >= 4 is 0 Å². The number of halogens is 1. The maximum absolute atomic E-state index is 10.9. The first-order valence-electron chi connectivity index (χ1n) is 1.88. The monoisotopic (exact) mass is 86.1 g/mol. The molecule has 1 heteroatoms. The molecule has 0 radical (unpaired) electrons. The van der Waals surface area contributed by atoms with Crippen LogP contribution in [0.4, 0.5) is 4.39 Å². The Bertz CT molecular complexity index is 73.7. The molecule has 0 saturated heterocycles. The average Bonchev–Trinajstić information content (AvgIpc) is 1.35. The summed E-state index contributed by atoms with van der Waals surface area (Å²) in [4.78, 5) is 0. The van der Waals surface area contributed by atoms with Gasteiger partial charge in [-0.25, -0.2) is 0 Å². The van der Waals surface area contributed by atoms with Gasteiger partial charge in [0, 0.05) is 5.92 Å². The van der Waals surface area contributed by atoms with Crippen LogP contribution >= 0.6 is 0 Å². The molecule has 6 heavy (non-hydrogen) atoms. The smallest absolute Gasteiger partial charge is 0.105 e. The highest BCUT2D eigenvalue weighted by molar-refractivity contribution is 4.92. The third-order valence-corrected chi connectivity index (χ3v) is 0.343. The van der Waals surface area contributed by atoms with E-state index in [-0.39, 0.29) is 5.92 Å². The van der Waals surface area contributed by atoms with Crippen LogP contribution in [0, 0.1) is 18.0 Å². The highest BCUT2D eigenvalue weighted by Crippen LogP contribution is 1.84. The second-order valence-corrected chi connectivity index (χ2v) is 1.39. The molecular weight excluding hydrogens is 79.1 g/mol. The second-order valence-electron chi connectivity index (χ2n) is 1.39. The minimum absolute atomic E-state index is 0.162. The summed E-state index contributed by atoms with van der Waals surface area (Å²) < 4.78 is 10.9. The van der Waals surface area contributed by atoms with E-state index < -0.39 is 0 Å². The van der Waals surface area contributed by atoms with E-state index in [0.717, 1.165) is 0 Å². The van der Waals surface area contributed by atoms with E-state index >= 15 is 0 Å². The van der Waals surface area contributed by atoms with Crippen molar-refractivity contribution in [1.29, 1.82) is 0 Å². The largest absolute Gasteiger partial charge is 0.144 e. The standard InChI is InChI=1S/C5H7F/c1-5(2)3-4-6/h5H,1-2H3. The van der Waals surface area contributed by atoms with Crippen molar-refractivity contribution in [2.45, 2.75) is 13.8 Å². The lowest BCUT2D eigenvalue weighted by atomic mass is 10.2. The van der Waals surface area contributed by atoms with Gasteiger partial charge >= 0.3 is 0 Å². The summed E-state index contributed by atoms with van der Waals surface area (Å²) in [5.74, 6) is 2.45. The molecule has 0 spiro atoms. The molecule has 0 fully saturated rings. The molecule has 0 unspecified atom stereocenters. The average molecular weight is 86.1 g/mol. The van der Waals surface area contributed by atoms with Gasteiger partial charge < -0.3 is 0 Å². The van der Waals surface area contributed by atoms with Gasteiger partial charge in [-0.1, -0.05) is 19.8 Å². The first kappa shape index (κ1) is 5.49. The van der Waals surface area contributed by atoms with Gasteiger partial charge in [-0.05, 0) is 0 Å². The first-order valence-corrected chi connectivity index (χ1v) is 1.88. The van der Waals surface area contributed by atoms with Gasteiger partial charge in [-0.3, -0.25) is 0 Å². The SMILES string of the molecule is CC(C)C#CF. The minimum Gasteiger partial charge on any atom is -0.144 e. The van der Waals surface area contributed by atoms with Crippen LogP contribution in [0.3, 0.4) is 0 Å². The van der Waals surface area contributed by atoms with E-state index in [0.29, 0.717) is 0 Å². The normalized spacial score (nSPS) is 7.33. The van der Waals surface area contributed by atoms with E-state index in [4.69, 9.17) is 0 Å². The van der Waals surface area contributed by atoms with Crippen LogP contribution in [0.1, 0.15) is 13.8 Å². The van der Waals surface area contributed by atoms with E-state index in [1.807, 2.05) is 13.8 Å². The van der Waals surface area contributed by atoms with Gasteiger partial charge in [0.1, 0.15) is 6.17 Å². The zero-order valence-electron chi connectivity index (χ0n) is 3.96. The van der Waals surface area contributed by atoms with Crippen molar-refractivity contribution < 1.29 is 4.39 Å². The van der Waals surface area contributed by atoms with Gasteiger partial charge in [0.2, 0.25) is 0 Å². The Morgan fingerprint density at radius 1 is 1.50 bits per heavy atom. The Labute approximate surface area is 37.4 Å². The molecule has 0 aliphatic heterocycles. The summed E-state index contributed by atoms with van der Waals surface area (Å²) in [7, 11) is 0. The molecular formula is C5H7F. The Balaban J connectivity index is 3.20. The summed E-state index contributed by atoms with van der Waals surface area (Å²) in [6.07, 6.45) is 1.32. The van der Waals surface area contributed by atoms with Gasteiger partial charge in [0.05, 0.1) is 0 Å². The van der Waals surface area contributed by atoms with Gasteiger partial charge in [0.15, 0.2) is 0 Å². The van der Waals surface area contributed by atoms with Gasteiger partial charge in [-0.15, -0.1) is 4.39 Å². The molecule has 34 valence electrons. The van der Waals surface area contributed by atoms with Crippen molar-refractivity contribution in [3.63, 3.8) is 0 Å². The van der Waals surface area contributed by atoms with Crippen molar-refractivity contribution in [2.24, 2.45) is 5.92 Å². The summed E-state index contributed by atoms with van der Waals surface area (Å²) >= 11 is 0. The molecule has 0 atom stereocenters. The van der Waals surface area contributed by atoms with Crippen molar-refractivity contribution in [3.8, 4) is 12.1 Å². The van der Waals surface area contributed by atoms with Crippen LogP contribution in [-0.4, -0.2) is 0 Å². The predicted octanol–water partition coefficient (Wildman–Crippen LogP) is 1.57. The summed E-state index contributed by atoms with van der Waals surface area (Å²) in [6.45, 7) is 3.68. The topological polar surface area (TPSA) is 0 Å². The van der Waals surface area contributed by atoms with E-state index in [1.54, 1.807) is 0 Å². The van der Waals surface area contributed by atoms with Crippen LogP contribution in [-0.2, 0) is 0 Å². The van der Waals surface area contributed by atoms with Crippen LogP contribution < -0.4 is 0 Å². The minimum atomic E-state index is 0.162. The third-order valence-electron chi connectivity index (χ3n) is 0.343. The Morgan fingerprint density at radius 3 is 2.00 bits per heavy atom. The highest BCUT2D eigenvalue weighted by Gasteiger charge is 1.77. The number of rotatable bonds is 0. The van der Waals surface area contributed by atoms with Crippen LogP contribution in [0.2, 0.25) is 0 Å². The van der Waals surface area contributed by atoms with E-state index in [1.165, 1.54) is 6.17 Å². The van der Waals surface area contributed by atoms with Crippen molar-refractivity contribution in [3.05, 3.63) is 0 Å². The van der Waals surface area contributed by atoms with Gasteiger partial charge in [0.25, 0.3) is 0 Å². The fraction of sp³-hybridized carbons (Fsp3) is 0.600. The highest BCUT2D eigenvalue weighted by atomic mass is 19.1. The summed E-state index contributed by atoms with van der Waals surface area (Å²) in [5, 5.41) is 0. The zero-order chi connectivity index (χ0) is 4.99. The number of hydrogen-bond donors (Lipinski definition) is 0. The van der Waals surface area contributed by atoms with E-state index in [9.17, 15) is 4.39 Å². The summed E-state index contributed by atoms with van der Waals surface area (Å²) in [6, 6.07) is 0. The molecule has 0 aliphatic carbocycles. The quantitative estimate of drug-likeness (QED) is 0.392. The Hall–Kier alpha value is -0.510. The fourth-order valence-electron chi connectivity index (χ4n) is 0.109. The molecule has 0 N–H and O–H groups in total. The molecule has 0 aromatic rings. The number of hydrogen-bond acceptors (Lipinski definition) is 0. The molecule has 0 rings (SSSR count). The second kappa shape index (κ2) is 2.71. The molecule has 0 aromatic heterocycles. The van der Waals surface area contributed by atoms with Crippen LogP contribution in [0.5, 0.6) is 0 Å². The fourth-order valence-corrected chi connectivity index (χ4v) is 0.109. The predicted molar refractivity (Wildman–Crippen MR) is 23.7 cm³/mol. The molecule has 0 aromatic carbocycles. The lowest BCUT2D eigenvalue weighted by molar-refractivity contribution is 0.759. The van der Waals surface area contributed by atoms with Crippen LogP contribution in [0.15, 0.2) is 0 Å². The maximum Gasteiger partial charge on any atom is 0.105 e. The molecule has 0 heterocycles. The zero-order valence-corrected chi connectivity index (χ0v) is 3.96. The lowest BCUT2D eigenvalue weighted by Crippen LogP contribution is -1.74. The van der Waals surface area contributed by atoms with E-state index in [2.05, 4.69) is 5.92 Å². The Morgan fingerprint density at radius 2 is 2.00 bits per heavy atom. The van der Waals surface area contributed by atoms with Crippen LogP contribution in [0.25, 0.3) is 0 Å². The Kier molecular flexibility index (Phi) is 2.48. The van der Waals surface area contributed by atoms with Gasteiger partial charge in [-0.2, -0.15) is 0 Å². The summed E-state index contributed by atoms with van der Waals surface area (Å²) in [5.41, 5.74) is 0. The molecule has 0 bridgehead atoms. The molecule has 0 nitrogen and oxygen atoms in total.